The molecular weight excluding hydrogens is 278 g/mol. The number of carbonyl (C=O) groups is 1. The van der Waals surface area contributed by atoms with E-state index >= 15 is 0 Å². The predicted molar refractivity (Wildman–Crippen MR) is 64.8 cm³/mol. The summed E-state index contributed by atoms with van der Waals surface area (Å²) in [6, 6.07) is 2.12. The van der Waals surface area contributed by atoms with Gasteiger partial charge in [-0.25, -0.2) is 4.39 Å². The normalized spacial score (nSPS) is 11.8. The fourth-order valence-corrected chi connectivity index (χ4v) is 1.45. The van der Waals surface area contributed by atoms with Crippen LogP contribution in [0.3, 0.4) is 0 Å². The molecule has 0 saturated heterocycles. The lowest BCUT2D eigenvalue weighted by atomic mass is 10.1. The van der Waals surface area contributed by atoms with Crippen LogP contribution in [0.15, 0.2) is 18.2 Å². The Morgan fingerprint density at radius 3 is 2.55 bits per heavy atom. The maximum atomic E-state index is 13.1. The van der Waals surface area contributed by atoms with Crippen molar-refractivity contribution >= 4 is 5.91 Å². The second-order valence-electron chi connectivity index (χ2n) is 4.37. The smallest absolute Gasteiger partial charge is 0.377 e. The van der Waals surface area contributed by atoms with Crippen molar-refractivity contribution in [2.24, 2.45) is 0 Å². The Hall–Kier alpha value is -1.63. The van der Waals surface area contributed by atoms with Gasteiger partial charge in [0.05, 0.1) is 18.3 Å². The van der Waals surface area contributed by atoms with Crippen LogP contribution >= 0.6 is 0 Å². The molecule has 0 bridgehead atoms. The molecule has 0 saturated carbocycles. The molecule has 0 aromatic heterocycles. The van der Waals surface area contributed by atoms with Gasteiger partial charge in [0.2, 0.25) is 0 Å². The van der Waals surface area contributed by atoms with E-state index in [-0.39, 0.29) is 24.8 Å². The molecule has 1 aromatic carbocycles. The van der Waals surface area contributed by atoms with Crippen LogP contribution in [0.4, 0.5) is 17.6 Å². The van der Waals surface area contributed by atoms with Gasteiger partial charge in [0, 0.05) is 12.1 Å². The van der Waals surface area contributed by atoms with Crippen molar-refractivity contribution in [3.05, 3.63) is 35.1 Å². The Morgan fingerprint density at radius 2 is 2.00 bits per heavy atom. The van der Waals surface area contributed by atoms with Crippen molar-refractivity contribution in [1.29, 1.82) is 0 Å². The quantitative estimate of drug-likeness (QED) is 0.669. The maximum absolute atomic E-state index is 13.1. The van der Waals surface area contributed by atoms with Gasteiger partial charge in [-0.05, 0) is 32.0 Å². The van der Waals surface area contributed by atoms with Crippen LogP contribution in [0.1, 0.15) is 29.8 Å². The first-order valence-corrected chi connectivity index (χ1v) is 5.98. The van der Waals surface area contributed by atoms with E-state index in [9.17, 15) is 22.4 Å². The molecule has 0 fully saturated rings. The summed E-state index contributed by atoms with van der Waals surface area (Å²) < 4.78 is 55.7. The first-order chi connectivity index (χ1) is 9.21. The van der Waals surface area contributed by atoms with E-state index in [1.54, 1.807) is 0 Å². The van der Waals surface area contributed by atoms with E-state index in [0.29, 0.717) is 12.1 Å². The fourth-order valence-electron chi connectivity index (χ4n) is 1.45. The highest BCUT2D eigenvalue weighted by molar-refractivity contribution is 5.94. The van der Waals surface area contributed by atoms with Crippen LogP contribution in [0.2, 0.25) is 0 Å². The number of hydrogen-bond donors (Lipinski definition) is 1. The first-order valence-electron chi connectivity index (χ1n) is 5.98. The highest BCUT2D eigenvalue weighted by Gasteiger charge is 2.34. The molecule has 1 aromatic rings. The number of amides is 1. The van der Waals surface area contributed by atoms with Crippen LogP contribution in [-0.2, 0) is 10.9 Å². The third-order valence-electron chi connectivity index (χ3n) is 2.37. The Kier molecular flexibility index (Phi) is 5.50. The number of benzene rings is 1. The molecule has 3 nitrogen and oxygen atoms in total. The van der Waals surface area contributed by atoms with Crippen LogP contribution in [0.5, 0.6) is 0 Å². The van der Waals surface area contributed by atoms with E-state index in [2.05, 4.69) is 5.32 Å². The molecule has 0 aliphatic rings. The molecule has 20 heavy (non-hydrogen) atoms. The summed E-state index contributed by atoms with van der Waals surface area (Å²) in [4.78, 5) is 11.6. The molecule has 112 valence electrons. The van der Waals surface area contributed by atoms with Crippen molar-refractivity contribution in [3.63, 3.8) is 0 Å². The Morgan fingerprint density at radius 1 is 1.35 bits per heavy atom. The summed E-state index contributed by atoms with van der Waals surface area (Å²) in [5.74, 6) is -2.11. The van der Waals surface area contributed by atoms with Crippen molar-refractivity contribution in [2.75, 3.05) is 13.2 Å². The zero-order chi connectivity index (χ0) is 15.3. The summed E-state index contributed by atoms with van der Waals surface area (Å²) in [6.45, 7) is 4.04. The van der Waals surface area contributed by atoms with E-state index < -0.39 is 23.5 Å². The zero-order valence-corrected chi connectivity index (χ0v) is 11.1. The molecule has 0 radical (unpaired) electrons. The van der Waals surface area contributed by atoms with Crippen LogP contribution < -0.4 is 5.32 Å². The average Bonchev–Trinajstić information content (AvgIpc) is 2.33. The standard InChI is InChI=1S/C13H15F4NO2/c1-8(2)20-6-5-18-12(19)9-3-4-11(14)10(7-9)13(15,16)17/h3-4,7-8H,5-6H2,1-2H3,(H,18,19). The first kappa shape index (κ1) is 16.4. The molecule has 0 aliphatic heterocycles. The minimum Gasteiger partial charge on any atom is -0.377 e. The molecule has 1 amide bonds. The Labute approximate surface area is 113 Å². The lowest BCUT2D eigenvalue weighted by Gasteiger charge is -2.11. The fraction of sp³-hybridized carbons (Fsp3) is 0.462. The van der Waals surface area contributed by atoms with Gasteiger partial charge in [-0.2, -0.15) is 13.2 Å². The molecule has 0 heterocycles. The van der Waals surface area contributed by atoms with Crippen LogP contribution in [0.25, 0.3) is 0 Å². The number of rotatable bonds is 5. The van der Waals surface area contributed by atoms with Gasteiger partial charge in [-0.1, -0.05) is 0 Å². The molecule has 0 spiro atoms. The summed E-state index contributed by atoms with van der Waals surface area (Å²) in [5.41, 5.74) is -1.70. The minimum absolute atomic E-state index is 0.00504. The van der Waals surface area contributed by atoms with Gasteiger partial charge < -0.3 is 10.1 Å². The summed E-state index contributed by atoms with van der Waals surface area (Å²) >= 11 is 0. The van der Waals surface area contributed by atoms with E-state index in [1.807, 2.05) is 13.8 Å². The van der Waals surface area contributed by atoms with Crippen LogP contribution in [0, 0.1) is 5.82 Å². The molecule has 0 aliphatic carbocycles. The molecule has 1 rings (SSSR count). The van der Waals surface area contributed by atoms with Crippen LogP contribution in [-0.4, -0.2) is 25.2 Å². The predicted octanol–water partition coefficient (Wildman–Crippen LogP) is 3.00. The lowest BCUT2D eigenvalue weighted by Crippen LogP contribution is -2.28. The summed E-state index contributed by atoms with van der Waals surface area (Å²) in [7, 11) is 0. The number of carbonyl (C=O) groups excluding carboxylic acids is 1. The zero-order valence-electron chi connectivity index (χ0n) is 11.1. The van der Waals surface area contributed by atoms with E-state index in [0.717, 1.165) is 6.07 Å². The highest BCUT2D eigenvalue weighted by atomic mass is 19.4. The van der Waals surface area contributed by atoms with Gasteiger partial charge in [0.25, 0.3) is 5.91 Å². The molecule has 1 N–H and O–H groups in total. The van der Waals surface area contributed by atoms with Gasteiger partial charge in [-0.3, -0.25) is 4.79 Å². The largest absolute Gasteiger partial charge is 0.419 e. The number of halogens is 4. The van der Waals surface area contributed by atoms with E-state index in [4.69, 9.17) is 4.74 Å². The molecule has 0 atom stereocenters. The van der Waals surface area contributed by atoms with Gasteiger partial charge >= 0.3 is 6.18 Å². The third kappa shape index (κ3) is 4.80. The topological polar surface area (TPSA) is 38.3 Å². The van der Waals surface area contributed by atoms with Crippen molar-refractivity contribution < 1.29 is 27.1 Å². The second kappa shape index (κ2) is 6.69. The molecule has 7 heteroatoms. The maximum Gasteiger partial charge on any atom is 0.419 e. The van der Waals surface area contributed by atoms with E-state index in [1.165, 1.54) is 0 Å². The summed E-state index contributed by atoms with van der Waals surface area (Å²) in [6.07, 6.45) is -4.84. The Bertz CT molecular complexity index is 472. The number of ether oxygens (including phenoxy) is 1. The minimum atomic E-state index is -4.83. The number of hydrogen-bond acceptors (Lipinski definition) is 2. The Balaban J connectivity index is 2.70. The summed E-state index contributed by atoms with van der Waals surface area (Å²) in [5, 5.41) is 2.40. The highest BCUT2D eigenvalue weighted by Crippen LogP contribution is 2.31. The SMILES string of the molecule is CC(C)OCCNC(=O)c1ccc(F)c(C(F)(F)F)c1. The van der Waals surface area contributed by atoms with Crippen molar-refractivity contribution in [3.8, 4) is 0 Å². The average molecular weight is 293 g/mol. The van der Waals surface area contributed by atoms with Gasteiger partial charge in [-0.15, -0.1) is 0 Å². The van der Waals surface area contributed by atoms with Gasteiger partial charge in [0.15, 0.2) is 0 Å². The molecular formula is C13H15F4NO2. The number of nitrogens with one attached hydrogen (secondary N) is 1. The monoisotopic (exact) mass is 293 g/mol. The second-order valence-corrected chi connectivity index (χ2v) is 4.37. The van der Waals surface area contributed by atoms with Gasteiger partial charge in [0.1, 0.15) is 5.82 Å². The van der Waals surface area contributed by atoms with Crippen molar-refractivity contribution in [1.82, 2.24) is 5.32 Å². The third-order valence-corrected chi connectivity index (χ3v) is 2.37. The van der Waals surface area contributed by atoms with Crippen molar-refractivity contribution in [2.45, 2.75) is 26.1 Å². The lowest BCUT2D eigenvalue weighted by molar-refractivity contribution is -0.140. The number of alkyl halides is 3. The molecule has 0 unspecified atom stereocenters.